The first kappa shape index (κ1) is 26.2. The van der Waals surface area contributed by atoms with E-state index in [1.807, 2.05) is 0 Å². The molecular formula is C46H37N. The predicted octanol–water partition coefficient (Wildman–Crippen LogP) is 12.3. The van der Waals surface area contributed by atoms with Gasteiger partial charge in [-0.25, -0.2) is 0 Å². The molecule has 226 valence electrons. The zero-order valence-electron chi connectivity index (χ0n) is 26.6. The van der Waals surface area contributed by atoms with Gasteiger partial charge in [-0.3, -0.25) is 0 Å². The minimum Gasteiger partial charge on any atom is -0.310 e. The van der Waals surface area contributed by atoms with E-state index in [9.17, 15) is 0 Å². The molecule has 0 atom stereocenters. The summed E-state index contributed by atoms with van der Waals surface area (Å²) in [4.78, 5) is 2.56. The zero-order chi connectivity index (χ0) is 30.7. The van der Waals surface area contributed by atoms with Crippen molar-refractivity contribution in [3.05, 3.63) is 151 Å². The van der Waals surface area contributed by atoms with Crippen molar-refractivity contribution in [1.82, 2.24) is 0 Å². The summed E-state index contributed by atoms with van der Waals surface area (Å²) in [5.41, 5.74) is 10.0. The summed E-state index contributed by atoms with van der Waals surface area (Å²) in [6.07, 6.45) is 7.06. The highest BCUT2D eigenvalue weighted by Crippen LogP contribution is 2.69. The van der Waals surface area contributed by atoms with Gasteiger partial charge < -0.3 is 4.90 Å². The molecule has 1 heteroatoms. The Hall–Kier alpha value is -4.88. The van der Waals surface area contributed by atoms with E-state index in [0.717, 1.165) is 23.7 Å². The molecule has 7 aromatic rings. The summed E-state index contributed by atoms with van der Waals surface area (Å²) in [7, 11) is 0. The van der Waals surface area contributed by atoms with E-state index < -0.39 is 0 Å². The molecule has 0 saturated heterocycles. The molecule has 7 aromatic carbocycles. The zero-order valence-corrected chi connectivity index (χ0v) is 26.6. The van der Waals surface area contributed by atoms with Crippen molar-refractivity contribution in [2.45, 2.75) is 37.5 Å². The lowest BCUT2D eigenvalue weighted by Gasteiger charge is -2.61. The highest BCUT2D eigenvalue weighted by molar-refractivity contribution is 6.14. The molecule has 4 bridgehead atoms. The van der Waals surface area contributed by atoms with Gasteiger partial charge in [-0.2, -0.15) is 0 Å². The minimum absolute atomic E-state index is 0.135. The third-order valence-electron chi connectivity index (χ3n) is 12.8. The van der Waals surface area contributed by atoms with Crippen molar-refractivity contribution in [3.63, 3.8) is 0 Å². The van der Waals surface area contributed by atoms with E-state index in [2.05, 4.69) is 144 Å². The maximum Gasteiger partial charge on any atom is 0.0546 e. The van der Waals surface area contributed by atoms with Crippen LogP contribution in [0.25, 0.3) is 43.4 Å². The first-order valence-corrected chi connectivity index (χ1v) is 17.7. The number of benzene rings is 7. The molecule has 47 heavy (non-hydrogen) atoms. The highest BCUT2D eigenvalue weighted by Gasteiger charge is 2.61. The number of nitrogens with zero attached hydrogens (tertiary/aromatic N) is 1. The van der Waals surface area contributed by atoms with Crippen molar-refractivity contribution >= 4 is 49.4 Å². The quantitative estimate of drug-likeness (QED) is 0.182. The fraction of sp³-hybridized carbons (Fsp3) is 0.217. The first-order chi connectivity index (χ1) is 23.3. The third-order valence-corrected chi connectivity index (χ3v) is 12.8. The smallest absolute Gasteiger partial charge is 0.0546 e. The number of fused-ring (bicyclic) bond motifs is 7. The van der Waals surface area contributed by atoms with Crippen molar-refractivity contribution in [2.24, 2.45) is 23.7 Å². The van der Waals surface area contributed by atoms with Crippen LogP contribution in [0.4, 0.5) is 17.1 Å². The summed E-state index contributed by atoms with van der Waals surface area (Å²) < 4.78 is 0. The van der Waals surface area contributed by atoms with Gasteiger partial charge in [0, 0.05) is 22.2 Å². The Kier molecular flexibility index (Phi) is 5.34. The van der Waals surface area contributed by atoms with Gasteiger partial charge in [0.2, 0.25) is 0 Å². The van der Waals surface area contributed by atoms with Gasteiger partial charge in [0.25, 0.3) is 0 Å². The molecule has 1 nitrogen and oxygen atoms in total. The van der Waals surface area contributed by atoms with Crippen molar-refractivity contribution in [2.75, 3.05) is 4.90 Å². The first-order valence-electron chi connectivity index (χ1n) is 17.7. The van der Waals surface area contributed by atoms with Crippen LogP contribution < -0.4 is 4.90 Å². The number of hydrogen-bond donors (Lipinski definition) is 0. The van der Waals surface area contributed by atoms with Crippen LogP contribution in [0.5, 0.6) is 0 Å². The molecule has 4 fully saturated rings. The fourth-order valence-corrected chi connectivity index (χ4v) is 11.2. The number of anilines is 3. The molecule has 0 heterocycles. The van der Waals surface area contributed by atoms with Crippen LogP contribution in [0, 0.1) is 23.7 Å². The topological polar surface area (TPSA) is 3.24 Å². The van der Waals surface area contributed by atoms with Crippen LogP contribution >= 0.6 is 0 Å². The molecule has 0 aromatic heterocycles. The maximum absolute atomic E-state index is 2.64. The molecular weight excluding hydrogens is 567 g/mol. The Morgan fingerprint density at radius 1 is 0.426 bits per heavy atom. The van der Waals surface area contributed by atoms with Crippen LogP contribution in [-0.2, 0) is 5.41 Å². The molecule has 4 saturated carbocycles. The van der Waals surface area contributed by atoms with Crippen molar-refractivity contribution in [1.29, 1.82) is 0 Å². The summed E-state index contributed by atoms with van der Waals surface area (Å²) >= 11 is 0. The maximum atomic E-state index is 2.64. The molecule has 0 radical (unpaired) electrons. The fourth-order valence-electron chi connectivity index (χ4n) is 11.2. The van der Waals surface area contributed by atoms with Gasteiger partial charge in [0.15, 0.2) is 0 Å². The summed E-state index contributed by atoms with van der Waals surface area (Å²) in [5.74, 6) is 3.35. The minimum atomic E-state index is 0.135. The molecule has 1 spiro atoms. The van der Waals surface area contributed by atoms with Gasteiger partial charge in [-0.05, 0) is 135 Å². The molecule has 5 aliphatic carbocycles. The van der Waals surface area contributed by atoms with Gasteiger partial charge >= 0.3 is 0 Å². The Bertz CT molecular complexity index is 2370. The van der Waals surface area contributed by atoms with Crippen LogP contribution in [0.1, 0.15) is 43.2 Å². The second kappa shape index (κ2) is 9.58. The molecule has 0 N–H and O–H groups in total. The largest absolute Gasteiger partial charge is 0.310 e. The Morgan fingerprint density at radius 2 is 1.02 bits per heavy atom. The van der Waals surface area contributed by atoms with Gasteiger partial charge in [0.1, 0.15) is 0 Å². The molecule has 5 aliphatic rings. The second-order valence-electron chi connectivity index (χ2n) is 15.0. The lowest BCUT2D eigenvalue weighted by atomic mass is 9.43. The van der Waals surface area contributed by atoms with E-state index in [1.54, 1.807) is 11.1 Å². The summed E-state index contributed by atoms with van der Waals surface area (Å²) in [5, 5.41) is 7.72. The lowest BCUT2D eigenvalue weighted by Crippen LogP contribution is -2.55. The molecule has 12 rings (SSSR count). The van der Waals surface area contributed by atoms with Crippen LogP contribution in [0.3, 0.4) is 0 Å². The van der Waals surface area contributed by atoms with Gasteiger partial charge in [-0.1, -0.05) is 109 Å². The Morgan fingerprint density at radius 3 is 1.83 bits per heavy atom. The predicted molar refractivity (Wildman–Crippen MR) is 197 cm³/mol. The summed E-state index contributed by atoms with van der Waals surface area (Å²) in [6, 6.07) is 53.0. The SMILES string of the molecule is c1ccc2c(c1)-c1ccc(N(c3ccc4ccccc4c3)c3cc4ccccc4c4ccccc34)cc1C21C2CC3CC(C2)CC1C3. The second-order valence-corrected chi connectivity index (χ2v) is 15.0. The standard InChI is InChI=1S/C46H37N/c1-2-10-32-26-36(18-17-31(32)9-1)47(45-27-33-11-3-4-12-38(33)39-13-5-6-15-42(39)45)37-19-20-41-40-14-7-8-16-43(40)46(44(41)28-37)34-22-29-21-30(24-34)25-35(46)23-29/h1-20,26-30,34-35H,21-25H2. The van der Waals surface area contributed by atoms with E-state index in [1.165, 1.54) is 92.6 Å². The molecule has 0 amide bonds. The van der Waals surface area contributed by atoms with Crippen LogP contribution in [0.2, 0.25) is 0 Å². The van der Waals surface area contributed by atoms with Crippen LogP contribution in [-0.4, -0.2) is 0 Å². The van der Waals surface area contributed by atoms with Gasteiger partial charge in [0.05, 0.1) is 5.69 Å². The number of hydrogen-bond acceptors (Lipinski definition) is 1. The monoisotopic (exact) mass is 603 g/mol. The van der Waals surface area contributed by atoms with Crippen molar-refractivity contribution < 1.29 is 0 Å². The highest BCUT2D eigenvalue weighted by atomic mass is 15.1. The Balaban J connectivity index is 1.20. The molecule has 0 aliphatic heterocycles. The average Bonchev–Trinajstić information content (AvgIpc) is 3.40. The molecule has 0 unspecified atom stereocenters. The Labute approximate surface area is 276 Å². The van der Waals surface area contributed by atoms with E-state index in [0.29, 0.717) is 0 Å². The van der Waals surface area contributed by atoms with Gasteiger partial charge in [-0.15, -0.1) is 0 Å². The summed E-state index contributed by atoms with van der Waals surface area (Å²) in [6.45, 7) is 0. The normalized spacial score (nSPS) is 25.1. The average molecular weight is 604 g/mol. The van der Waals surface area contributed by atoms with Crippen LogP contribution in [0.15, 0.2) is 140 Å². The van der Waals surface area contributed by atoms with Crippen molar-refractivity contribution in [3.8, 4) is 11.1 Å². The third kappa shape index (κ3) is 3.55. The lowest BCUT2D eigenvalue weighted by molar-refractivity contribution is -0.0399. The van der Waals surface area contributed by atoms with E-state index in [4.69, 9.17) is 0 Å². The van der Waals surface area contributed by atoms with E-state index >= 15 is 0 Å². The van der Waals surface area contributed by atoms with E-state index in [-0.39, 0.29) is 5.41 Å². The number of rotatable bonds is 3.